The van der Waals surface area contributed by atoms with Gasteiger partial charge >= 0.3 is 0 Å². The van der Waals surface area contributed by atoms with Gasteiger partial charge in [-0.3, -0.25) is 9.36 Å². The van der Waals surface area contributed by atoms with Gasteiger partial charge in [0, 0.05) is 6.42 Å². The van der Waals surface area contributed by atoms with Crippen molar-refractivity contribution in [3.8, 4) is 0 Å². The number of unbranched alkanes of at least 4 members (excludes halogenated alkanes) is 45. The van der Waals surface area contributed by atoms with Crippen LogP contribution in [0.15, 0.2) is 60.8 Å². The Morgan fingerprint density at radius 1 is 0.427 bits per heavy atom. The first-order valence-corrected chi connectivity index (χ1v) is 37.1. The highest BCUT2D eigenvalue weighted by Gasteiger charge is 2.23. The maximum Gasteiger partial charge on any atom is 0.268 e. The van der Waals surface area contributed by atoms with E-state index in [-0.39, 0.29) is 12.5 Å². The summed E-state index contributed by atoms with van der Waals surface area (Å²) in [7, 11) is 1.26. The van der Waals surface area contributed by atoms with Crippen LogP contribution in [0.1, 0.15) is 348 Å². The number of quaternary nitrogens is 1. The number of carbonyl (C=O) groups is 1. The molecule has 0 aliphatic rings. The van der Waals surface area contributed by atoms with Crippen LogP contribution in [0.3, 0.4) is 0 Å². The molecule has 3 unspecified atom stereocenters. The zero-order chi connectivity index (χ0) is 59.8. The van der Waals surface area contributed by atoms with E-state index in [4.69, 9.17) is 9.05 Å². The molecule has 3 atom stereocenters. The highest BCUT2D eigenvalue weighted by atomic mass is 31.2. The molecule has 0 rings (SSSR count). The van der Waals surface area contributed by atoms with Crippen LogP contribution >= 0.6 is 7.82 Å². The fourth-order valence-corrected chi connectivity index (χ4v) is 11.4. The van der Waals surface area contributed by atoms with E-state index >= 15 is 0 Å². The third-order valence-electron chi connectivity index (χ3n) is 16.2. The van der Waals surface area contributed by atoms with Crippen molar-refractivity contribution < 1.29 is 32.9 Å². The molecule has 2 N–H and O–H groups in total. The summed E-state index contributed by atoms with van der Waals surface area (Å²) in [5.74, 6) is -0.201. The molecule has 0 radical (unpaired) electrons. The number of phosphoric ester groups is 1. The molecular formula is C73H139N2O6P. The number of aliphatic hydroxyl groups is 1. The zero-order valence-electron chi connectivity index (χ0n) is 55.2. The number of nitrogens with one attached hydrogen (secondary N) is 1. The van der Waals surface area contributed by atoms with E-state index in [0.29, 0.717) is 17.4 Å². The van der Waals surface area contributed by atoms with Crippen LogP contribution in [-0.4, -0.2) is 68.5 Å². The monoisotopic (exact) mass is 1170 g/mol. The van der Waals surface area contributed by atoms with Crippen molar-refractivity contribution in [2.24, 2.45) is 0 Å². The summed E-state index contributed by atoms with van der Waals surface area (Å²) in [6.07, 6.45) is 87.9. The van der Waals surface area contributed by atoms with Crippen molar-refractivity contribution in [3.63, 3.8) is 0 Å². The third-order valence-corrected chi connectivity index (χ3v) is 17.2. The van der Waals surface area contributed by atoms with Gasteiger partial charge in [0.2, 0.25) is 5.91 Å². The van der Waals surface area contributed by atoms with E-state index in [1.54, 1.807) is 6.08 Å². The maximum absolute atomic E-state index is 13.0. The molecule has 0 aromatic rings. The fourth-order valence-electron chi connectivity index (χ4n) is 10.7. The second-order valence-electron chi connectivity index (χ2n) is 25.6. The average molecular weight is 1170 g/mol. The third kappa shape index (κ3) is 65.7. The van der Waals surface area contributed by atoms with Crippen molar-refractivity contribution in [3.05, 3.63) is 60.8 Å². The molecule has 0 aliphatic heterocycles. The number of nitrogens with zero attached hydrogens (tertiary/aromatic N) is 1. The Hall–Kier alpha value is -1.80. The van der Waals surface area contributed by atoms with Crippen molar-refractivity contribution in [1.29, 1.82) is 0 Å². The zero-order valence-corrected chi connectivity index (χ0v) is 56.1. The number of amides is 1. The van der Waals surface area contributed by atoms with Gasteiger partial charge in [0.05, 0.1) is 39.9 Å². The van der Waals surface area contributed by atoms with Gasteiger partial charge in [0.25, 0.3) is 7.82 Å². The Morgan fingerprint density at radius 3 is 1.07 bits per heavy atom. The highest BCUT2D eigenvalue weighted by Crippen LogP contribution is 2.38. The second kappa shape index (κ2) is 63.7. The Morgan fingerprint density at radius 2 is 0.720 bits per heavy atom. The summed E-state index contributed by atoms with van der Waals surface area (Å²) in [5.41, 5.74) is 0. The average Bonchev–Trinajstić information content (AvgIpc) is 3.46. The molecule has 0 heterocycles. The molecular weight excluding hydrogens is 1030 g/mol. The number of hydrogen-bond acceptors (Lipinski definition) is 6. The lowest BCUT2D eigenvalue weighted by atomic mass is 10.0. The molecule has 0 bridgehead atoms. The molecule has 0 aromatic carbocycles. The standard InChI is InChI=1S/C73H139N2O6P/c1-6-8-10-12-14-16-18-20-22-24-26-28-29-30-31-32-33-34-35-36-37-38-39-40-41-42-43-44-45-47-49-51-53-55-57-59-61-63-65-67-73(77)74-71(70-81-82(78,79)80-69-68-75(3,4)5)72(76)66-64-62-60-58-56-54-52-50-48-46-27-25-23-21-19-17-15-13-11-9-7-2/h18,20,24,26,29-30,56,58,64,66,71-72,76H,6-17,19,21-23,25,27-28,31-55,57,59-63,65,67-70H2,1-5H3,(H-,74,77,78,79)/b20-18-,26-24-,30-29-,58-56+,66-64+. The molecule has 0 saturated carbocycles. The summed E-state index contributed by atoms with van der Waals surface area (Å²) in [6.45, 7) is 4.66. The van der Waals surface area contributed by atoms with Crippen molar-refractivity contribution in [2.45, 2.75) is 360 Å². The van der Waals surface area contributed by atoms with Gasteiger partial charge in [0.15, 0.2) is 0 Å². The van der Waals surface area contributed by atoms with E-state index < -0.39 is 26.6 Å². The largest absolute Gasteiger partial charge is 0.756 e. The highest BCUT2D eigenvalue weighted by molar-refractivity contribution is 7.45. The molecule has 0 saturated heterocycles. The van der Waals surface area contributed by atoms with Crippen molar-refractivity contribution >= 4 is 13.7 Å². The van der Waals surface area contributed by atoms with E-state index in [0.717, 1.165) is 51.4 Å². The first kappa shape index (κ1) is 80.2. The van der Waals surface area contributed by atoms with E-state index in [1.807, 2.05) is 27.2 Å². The molecule has 0 aliphatic carbocycles. The summed E-state index contributed by atoms with van der Waals surface area (Å²) < 4.78 is 23.4. The van der Waals surface area contributed by atoms with Gasteiger partial charge in [-0.25, -0.2) is 0 Å². The van der Waals surface area contributed by atoms with Gasteiger partial charge in [-0.2, -0.15) is 0 Å². The van der Waals surface area contributed by atoms with Crippen LogP contribution in [0.5, 0.6) is 0 Å². The Labute approximate surface area is 511 Å². The van der Waals surface area contributed by atoms with Gasteiger partial charge in [-0.05, 0) is 70.6 Å². The van der Waals surface area contributed by atoms with Gasteiger partial charge in [0.1, 0.15) is 13.2 Å². The normalized spacial score (nSPS) is 14.0. The Kier molecular flexibility index (Phi) is 62.3. The molecule has 0 fully saturated rings. The molecule has 482 valence electrons. The summed E-state index contributed by atoms with van der Waals surface area (Å²) in [4.78, 5) is 25.6. The number of allylic oxidation sites excluding steroid dienone is 9. The number of carbonyl (C=O) groups excluding carboxylic acids is 1. The fraction of sp³-hybridized carbons (Fsp3) is 0.849. The molecule has 0 aromatic heterocycles. The smallest absolute Gasteiger partial charge is 0.268 e. The first-order chi connectivity index (χ1) is 40.0. The van der Waals surface area contributed by atoms with Crippen LogP contribution in [0.2, 0.25) is 0 Å². The van der Waals surface area contributed by atoms with E-state index in [2.05, 4.69) is 67.8 Å². The SMILES string of the molecule is CCCCCCC/C=C\C/C=C\C/C=C\CCCCCCCCCCCCCCCCCCCCCCCCCCC(=O)NC(COP(=O)([O-])OCC[N+](C)(C)C)C(O)/C=C/CC/C=C/CCCCCCCCCCCCCCCCC. The van der Waals surface area contributed by atoms with Crippen molar-refractivity contribution in [1.82, 2.24) is 5.32 Å². The molecule has 82 heavy (non-hydrogen) atoms. The predicted molar refractivity (Wildman–Crippen MR) is 357 cm³/mol. The number of likely N-dealkylation sites (N-methyl/N-ethyl adjacent to an activating group) is 1. The number of aliphatic hydroxyl groups excluding tert-OH is 1. The topological polar surface area (TPSA) is 108 Å². The minimum atomic E-state index is -4.61. The number of hydrogen-bond donors (Lipinski definition) is 2. The lowest BCUT2D eigenvalue weighted by Gasteiger charge is -2.29. The van der Waals surface area contributed by atoms with E-state index in [1.165, 1.54) is 276 Å². The molecule has 1 amide bonds. The van der Waals surface area contributed by atoms with Crippen LogP contribution in [0, 0.1) is 0 Å². The Balaban J connectivity index is 3.98. The van der Waals surface area contributed by atoms with Crippen LogP contribution in [0.4, 0.5) is 0 Å². The summed E-state index contributed by atoms with van der Waals surface area (Å²) in [5, 5.41) is 13.9. The van der Waals surface area contributed by atoms with Gasteiger partial charge < -0.3 is 28.8 Å². The van der Waals surface area contributed by atoms with Crippen LogP contribution in [0.25, 0.3) is 0 Å². The van der Waals surface area contributed by atoms with Gasteiger partial charge in [-0.1, -0.05) is 331 Å². The minimum Gasteiger partial charge on any atom is -0.756 e. The van der Waals surface area contributed by atoms with Crippen LogP contribution in [-0.2, 0) is 18.4 Å². The van der Waals surface area contributed by atoms with Crippen LogP contribution < -0.4 is 10.2 Å². The number of rotatable bonds is 66. The lowest BCUT2D eigenvalue weighted by Crippen LogP contribution is -2.45. The quantitative estimate of drug-likeness (QED) is 0.0272. The second-order valence-corrected chi connectivity index (χ2v) is 27.0. The Bertz CT molecular complexity index is 1520. The summed E-state index contributed by atoms with van der Waals surface area (Å²) >= 11 is 0. The van der Waals surface area contributed by atoms with Crippen molar-refractivity contribution in [2.75, 3.05) is 40.9 Å². The maximum atomic E-state index is 13.0. The first-order valence-electron chi connectivity index (χ1n) is 35.7. The minimum absolute atomic E-state index is 0.00551. The lowest BCUT2D eigenvalue weighted by molar-refractivity contribution is -0.870. The predicted octanol–water partition coefficient (Wildman–Crippen LogP) is 22.1. The molecule has 9 heteroatoms. The molecule has 0 spiro atoms. The molecule has 8 nitrogen and oxygen atoms in total. The number of phosphoric acid groups is 1. The van der Waals surface area contributed by atoms with E-state index in [9.17, 15) is 19.4 Å². The summed E-state index contributed by atoms with van der Waals surface area (Å²) in [6, 6.07) is -0.904. The van der Waals surface area contributed by atoms with Gasteiger partial charge in [-0.15, -0.1) is 0 Å².